The van der Waals surface area contributed by atoms with Gasteiger partial charge in [-0.15, -0.1) is 0 Å². The molecular formula is C22H18FN3O2. The molecule has 0 saturated heterocycles. The molecule has 28 heavy (non-hydrogen) atoms. The third-order valence-electron chi connectivity index (χ3n) is 4.76. The summed E-state index contributed by atoms with van der Waals surface area (Å²) >= 11 is 0. The number of carbonyl (C=O) groups is 2. The van der Waals surface area contributed by atoms with Gasteiger partial charge in [0.2, 0.25) is 5.91 Å². The summed E-state index contributed by atoms with van der Waals surface area (Å²) in [4.78, 5) is 28.6. The maximum Gasteiger partial charge on any atom is 0.256 e. The second kappa shape index (κ2) is 7.23. The molecule has 2 aromatic carbocycles. The standard InChI is InChI=1S/C22H18FN3O2/c1-13-9-17(11-15-5-6-20(27)26-21(13)15)25-22(28)18-7-8-24-12-19(18)14-3-2-4-16(23)10-14/h2-4,7-12H,5-6H2,1H3,(H,25,28)(H,26,27). The van der Waals surface area contributed by atoms with Crippen LogP contribution in [-0.2, 0) is 11.2 Å². The number of nitrogens with zero attached hydrogens (tertiary/aromatic N) is 1. The van der Waals surface area contributed by atoms with Crippen LogP contribution in [0.15, 0.2) is 54.9 Å². The number of aromatic nitrogens is 1. The zero-order valence-corrected chi connectivity index (χ0v) is 15.3. The number of carbonyl (C=O) groups excluding carboxylic acids is 2. The van der Waals surface area contributed by atoms with Crippen LogP contribution in [0.2, 0.25) is 0 Å². The smallest absolute Gasteiger partial charge is 0.256 e. The number of rotatable bonds is 3. The fraction of sp³-hybridized carbons (Fsp3) is 0.136. The van der Waals surface area contributed by atoms with Crippen LogP contribution < -0.4 is 10.6 Å². The quantitative estimate of drug-likeness (QED) is 0.716. The second-order valence-corrected chi connectivity index (χ2v) is 6.76. The Morgan fingerprint density at radius 2 is 2.04 bits per heavy atom. The lowest BCUT2D eigenvalue weighted by Crippen LogP contribution is -2.20. The van der Waals surface area contributed by atoms with Gasteiger partial charge in [0.05, 0.1) is 5.56 Å². The van der Waals surface area contributed by atoms with E-state index in [-0.39, 0.29) is 17.6 Å². The topological polar surface area (TPSA) is 71.1 Å². The van der Waals surface area contributed by atoms with E-state index in [4.69, 9.17) is 0 Å². The van der Waals surface area contributed by atoms with Gasteiger partial charge in [-0.2, -0.15) is 0 Å². The van der Waals surface area contributed by atoms with Crippen molar-refractivity contribution in [1.82, 2.24) is 4.98 Å². The van der Waals surface area contributed by atoms with Crippen LogP contribution >= 0.6 is 0 Å². The maximum atomic E-state index is 13.6. The summed E-state index contributed by atoms with van der Waals surface area (Å²) < 4.78 is 13.6. The summed E-state index contributed by atoms with van der Waals surface area (Å²) in [7, 11) is 0. The summed E-state index contributed by atoms with van der Waals surface area (Å²) in [5.74, 6) is -0.676. The van der Waals surface area contributed by atoms with E-state index in [1.165, 1.54) is 18.3 Å². The molecule has 3 aromatic rings. The van der Waals surface area contributed by atoms with Crippen molar-refractivity contribution in [2.45, 2.75) is 19.8 Å². The van der Waals surface area contributed by atoms with Crippen LogP contribution in [0.3, 0.4) is 0 Å². The van der Waals surface area contributed by atoms with Crippen molar-refractivity contribution in [3.8, 4) is 11.1 Å². The van der Waals surface area contributed by atoms with E-state index in [1.54, 1.807) is 24.4 Å². The van der Waals surface area contributed by atoms with Gasteiger partial charge in [0.1, 0.15) is 5.82 Å². The highest BCUT2D eigenvalue weighted by Gasteiger charge is 2.19. The lowest BCUT2D eigenvalue weighted by atomic mass is 9.98. The molecule has 2 heterocycles. The number of pyridine rings is 1. The molecule has 6 heteroatoms. The minimum absolute atomic E-state index is 0.00362. The molecule has 0 saturated carbocycles. The summed E-state index contributed by atoms with van der Waals surface area (Å²) in [6.07, 6.45) is 4.15. The van der Waals surface area contributed by atoms with Gasteiger partial charge in [-0.05, 0) is 60.4 Å². The van der Waals surface area contributed by atoms with Crippen LogP contribution in [0.5, 0.6) is 0 Å². The highest BCUT2D eigenvalue weighted by atomic mass is 19.1. The van der Waals surface area contributed by atoms with Crippen molar-refractivity contribution in [2.24, 2.45) is 0 Å². The lowest BCUT2D eigenvalue weighted by Gasteiger charge is -2.20. The van der Waals surface area contributed by atoms with E-state index in [0.29, 0.717) is 35.2 Å². The van der Waals surface area contributed by atoms with Crippen LogP contribution in [0, 0.1) is 12.7 Å². The molecule has 4 rings (SSSR count). The highest BCUT2D eigenvalue weighted by Crippen LogP contribution is 2.30. The van der Waals surface area contributed by atoms with E-state index >= 15 is 0 Å². The van der Waals surface area contributed by atoms with Crippen LogP contribution in [-0.4, -0.2) is 16.8 Å². The average Bonchev–Trinajstić information content (AvgIpc) is 2.68. The van der Waals surface area contributed by atoms with Crippen molar-refractivity contribution in [3.05, 3.63) is 77.4 Å². The van der Waals surface area contributed by atoms with Gasteiger partial charge in [-0.25, -0.2) is 4.39 Å². The van der Waals surface area contributed by atoms with Crippen LogP contribution in [0.1, 0.15) is 27.9 Å². The Kier molecular flexibility index (Phi) is 4.61. The van der Waals surface area contributed by atoms with E-state index in [1.807, 2.05) is 19.1 Å². The molecule has 1 aliphatic rings. The highest BCUT2D eigenvalue weighted by molar-refractivity contribution is 6.09. The van der Waals surface area contributed by atoms with Gasteiger partial charge < -0.3 is 10.6 Å². The number of hydrogen-bond acceptors (Lipinski definition) is 3. The Balaban J connectivity index is 1.65. The lowest BCUT2D eigenvalue weighted by molar-refractivity contribution is -0.116. The van der Waals surface area contributed by atoms with E-state index in [9.17, 15) is 14.0 Å². The predicted molar refractivity (Wildman–Crippen MR) is 106 cm³/mol. The minimum Gasteiger partial charge on any atom is -0.326 e. The molecule has 2 N–H and O–H groups in total. The molecule has 0 bridgehead atoms. The van der Waals surface area contributed by atoms with Crippen molar-refractivity contribution in [3.63, 3.8) is 0 Å². The van der Waals surface area contributed by atoms with Crippen LogP contribution in [0.4, 0.5) is 15.8 Å². The van der Waals surface area contributed by atoms with Crippen molar-refractivity contribution in [2.75, 3.05) is 10.6 Å². The Bertz CT molecular complexity index is 1090. The molecule has 2 amide bonds. The Hall–Kier alpha value is -3.54. The number of benzene rings is 2. The first kappa shape index (κ1) is 17.9. The molecule has 140 valence electrons. The number of amides is 2. The number of nitrogens with one attached hydrogen (secondary N) is 2. The fourth-order valence-electron chi connectivity index (χ4n) is 3.44. The average molecular weight is 375 g/mol. The molecule has 0 fully saturated rings. The Morgan fingerprint density at radius 1 is 1.18 bits per heavy atom. The first-order chi connectivity index (χ1) is 13.5. The van der Waals surface area contributed by atoms with Gasteiger partial charge in [0.25, 0.3) is 5.91 Å². The SMILES string of the molecule is Cc1cc(NC(=O)c2ccncc2-c2cccc(F)c2)cc2c1NC(=O)CC2. The zero-order chi connectivity index (χ0) is 19.7. The minimum atomic E-state index is -0.375. The Labute approximate surface area is 161 Å². The molecule has 0 unspecified atom stereocenters. The molecule has 1 aromatic heterocycles. The molecule has 1 aliphatic heterocycles. The van der Waals surface area contributed by atoms with E-state index < -0.39 is 0 Å². The van der Waals surface area contributed by atoms with Gasteiger partial charge in [0.15, 0.2) is 0 Å². The molecule has 0 aliphatic carbocycles. The molecule has 0 radical (unpaired) electrons. The van der Waals surface area contributed by atoms with Gasteiger partial charge in [-0.1, -0.05) is 12.1 Å². The van der Waals surface area contributed by atoms with Gasteiger partial charge in [0, 0.05) is 35.8 Å². The second-order valence-electron chi connectivity index (χ2n) is 6.76. The molecular weight excluding hydrogens is 357 g/mol. The third kappa shape index (κ3) is 3.49. The van der Waals surface area contributed by atoms with E-state index in [2.05, 4.69) is 15.6 Å². The van der Waals surface area contributed by atoms with Gasteiger partial charge >= 0.3 is 0 Å². The van der Waals surface area contributed by atoms with Crippen molar-refractivity contribution >= 4 is 23.2 Å². The van der Waals surface area contributed by atoms with E-state index in [0.717, 1.165) is 16.8 Å². The first-order valence-corrected chi connectivity index (χ1v) is 8.96. The number of fused-ring (bicyclic) bond motifs is 1. The molecule has 0 atom stereocenters. The molecule has 0 spiro atoms. The predicted octanol–water partition coefficient (Wildman–Crippen LogP) is 4.33. The van der Waals surface area contributed by atoms with Crippen molar-refractivity contribution in [1.29, 1.82) is 0 Å². The number of aryl methyl sites for hydroxylation is 2. The number of hydrogen-bond donors (Lipinski definition) is 2. The summed E-state index contributed by atoms with van der Waals surface area (Å²) in [6.45, 7) is 1.89. The monoisotopic (exact) mass is 375 g/mol. The number of anilines is 2. The number of halogens is 1. The Morgan fingerprint density at radius 3 is 2.86 bits per heavy atom. The maximum absolute atomic E-state index is 13.6. The summed E-state index contributed by atoms with van der Waals surface area (Å²) in [5.41, 5.74) is 4.90. The third-order valence-corrected chi connectivity index (χ3v) is 4.76. The summed E-state index contributed by atoms with van der Waals surface area (Å²) in [5, 5.41) is 5.79. The van der Waals surface area contributed by atoms with Crippen molar-refractivity contribution < 1.29 is 14.0 Å². The fourth-order valence-corrected chi connectivity index (χ4v) is 3.44. The first-order valence-electron chi connectivity index (χ1n) is 8.96. The van der Waals surface area contributed by atoms with Gasteiger partial charge in [-0.3, -0.25) is 14.6 Å². The zero-order valence-electron chi connectivity index (χ0n) is 15.3. The van der Waals surface area contributed by atoms with Crippen LogP contribution in [0.25, 0.3) is 11.1 Å². The molecule has 5 nitrogen and oxygen atoms in total. The summed E-state index contributed by atoms with van der Waals surface area (Å²) in [6, 6.07) is 11.4. The largest absolute Gasteiger partial charge is 0.326 e. The normalized spacial score (nSPS) is 12.9.